The van der Waals surface area contributed by atoms with Crippen molar-refractivity contribution in [3.63, 3.8) is 0 Å². The van der Waals surface area contributed by atoms with Gasteiger partial charge in [0.1, 0.15) is 12.4 Å². The van der Waals surface area contributed by atoms with Gasteiger partial charge in [-0.25, -0.2) is 9.79 Å². The fourth-order valence-electron chi connectivity index (χ4n) is 4.77. The van der Waals surface area contributed by atoms with Crippen LogP contribution in [-0.4, -0.2) is 31.4 Å². The number of allylic oxidation sites excluding steroid dienone is 1. The smallest absolute Gasteiger partial charge is 0.338 e. The van der Waals surface area contributed by atoms with Gasteiger partial charge in [-0.2, -0.15) is 0 Å². The molecular formula is C32H28ClIN2O6S. The number of carbonyl (C=O) groups is 1. The molecule has 1 unspecified atom stereocenters. The Bertz CT molecular complexity index is 1900. The van der Waals surface area contributed by atoms with Crippen molar-refractivity contribution in [2.75, 3.05) is 20.8 Å². The van der Waals surface area contributed by atoms with Crippen LogP contribution >= 0.6 is 45.5 Å². The second-order valence-electron chi connectivity index (χ2n) is 9.49. The Hall–Kier alpha value is -3.61. The number of thiazole rings is 1. The zero-order valence-corrected chi connectivity index (χ0v) is 27.6. The van der Waals surface area contributed by atoms with Gasteiger partial charge in [-0.1, -0.05) is 53.3 Å². The Balaban J connectivity index is 1.58. The largest absolute Gasteiger partial charge is 0.497 e. The number of hydrogen-bond acceptors (Lipinski definition) is 8. The monoisotopic (exact) mass is 730 g/mol. The SMILES string of the molecule is CCOC(=O)C1=C(C)N=c2s/c(=C/c3cc(I)c(OCc4ccccc4Cl)c(OC)c3)c(=O)n2C1c1ccc(OC)cc1. The lowest BCUT2D eigenvalue weighted by Gasteiger charge is -2.24. The van der Waals surface area contributed by atoms with Crippen LogP contribution in [0.5, 0.6) is 17.2 Å². The molecule has 0 aliphatic carbocycles. The summed E-state index contributed by atoms with van der Waals surface area (Å²) >= 11 is 9.74. The molecule has 0 saturated carbocycles. The number of carbonyl (C=O) groups excluding carboxylic acids is 1. The van der Waals surface area contributed by atoms with E-state index in [1.807, 2.05) is 48.5 Å². The Kier molecular flexibility index (Phi) is 9.58. The molecule has 0 saturated heterocycles. The Morgan fingerprint density at radius 3 is 2.53 bits per heavy atom. The number of esters is 1. The van der Waals surface area contributed by atoms with Crippen LogP contribution in [0.2, 0.25) is 5.02 Å². The molecule has 3 aromatic carbocycles. The maximum Gasteiger partial charge on any atom is 0.338 e. The normalized spacial score (nSPS) is 14.7. The molecule has 0 spiro atoms. The summed E-state index contributed by atoms with van der Waals surface area (Å²) < 4.78 is 25.3. The molecule has 4 aromatic rings. The average molecular weight is 731 g/mol. The first-order valence-electron chi connectivity index (χ1n) is 13.3. The number of ether oxygens (including phenoxy) is 4. The van der Waals surface area contributed by atoms with E-state index in [0.29, 0.717) is 42.9 Å². The van der Waals surface area contributed by atoms with E-state index in [-0.39, 0.29) is 18.8 Å². The number of nitrogens with zero attached hydrogens (tertiary/aromatic N) is 2. The molecule has 1 aliphatic heterocycles. The Morgan fingerprint density at radius 2 is 1.86 bits per heavy atom. The highest BCUT2D eigenvalue weighted by Gasteiger charge is 2.33. The molecule has 1 atom stereocenters. The molecule has 2 heterocycles. The van der Waals surface area contributed by atoms with E-state index in [0.717, 1.165) is 20.3 Å². The van der Waals surface area contributed by atoms with Crippen LogP contribution in [0, 0.1) is 3.57 Å². The predicted molar refractivity (Wildman–Crippen MR) is 175 cm³/mol. The molecule has 0 radical (unpaired) electrons. The van der Waals surface area contributed by atoms with Crippen LogP contribution in [0.3, 0.4) is 0 Å². The number of benzene rings is 3. The summed E-state index contributed by atoms with van der Waals surface area (Å²) in [6, 6.07) is 17.8. The zero-order valence-electron chi connectivity index (χ0n) is 23.9. The number of halogens is 2. The highest BCUT2D eigenvalue weighted by Crippen LogP contribution is 2.35. The molecule has 8 nitrogen and oxygen atoms in total. The van der Waals surface area contributed by atoms with Crippen LogP contribution in [0.1, 0.15) is 36.6 Å². The molecule has 5 rings (SSSR count). The lowest BCUT2D eigenvalue weighted by atomic mass is 9.96. The quantitative estimate of drug-likeness (QED) is 0.164. The lowest BCUT2D eigenvalue weighted by Crippen LogP contribution is -2.39. The van der Waals surface area contributed by atoms with Crippen molar-refractivity contribution < 1.29 is 23.7 Å². The maximum atomic E-state index is 14.0. The van der Waals surface area contributed by atoms with Crippen molar-refractivity contribution >= 4 is 57.6 Å². The van der Waals surface area contributed by atoms with Gasteiger partial charge in [-0.15, -0.1) is 0 Å². The number of aromatic nitrogens is 1. The summed E-state index contributed by atoms with van der Waals surface area (Å²) in [5.74, 6) is 1.26. The Labute approximate surface area is 271 Å². The topological polar surface area (TPSA) is 88.4 Å². The minimum absolute atomic E-state index is 0.202. The van der Waals surface area contributed by atoms with E-state index in [1.54, 1.807) is 50.8 Å². The van der Waals surface area contributed by atoms with Crippen molar-refractivity contribution in [2.45, 2.75) is 26.5 Å². The molecule has 0 fully saturated rings. The van der Waals surface area contributed by atoms with Crippen LogP contribution in [0.15, 0.2) is 81.7 Å². The summed E-state index contributed by atoms with van der Waals surface area (Å²) in [7, 11) is 3.15. The van der Waals surface area contributed by atoms with E-state index >= 15 is 0 Å². The first kappa shape index (κ1) is 30.8. The van der Waals surface area contributed by atoms with E-state index in [4.69, 9.17) is 30.5 Å². The molecule has 0 N–H and O–H groups in total. The third-order valence-corrected chi connectivity index (χ3v) is 8.98. The molecule has 222 valence electrons. The zero-order chi connectivity index (χ0) is 30.7. The van der Waals surface area contributed by atoms with Gasteiger partial charge < -0.3 is 18.9 Å². The van der Waals surface area contributed by atoms with E-state index in [9.17, 15) is 9.59 Å². The summed E-state index contributed by atoms with van der Waals surface area (Å²) in [5.41, 5.74) is 2.90. The summed E-state index contributed by atoms with van der Waals surface area (Å²) in [6.07, 6.45) is 1.79. The standard InChI is InChI=1S/C32H28ClIN2O6S/c1-5-41-31(38)27-18(2)35-32-36(28(27)20-10-12-22(39-3)13-11-20)30(37)26(43-32)16-19-14-24(34)29(25(15-19)40-4)42-17-21-8-6-7-9-23(21)33/h6-16,28H,5,17H2,1-4H3/b26-16+. The molecular weight excluding hydrogens is 703 g/mol. The third kappa shape index (κ3) is 6.36. The number of rotatable bonds is 9. The van der Waals surface area contributed by atoms with Gasteiger partial charge >= 0.3 is 5.97 Å². The van der Waals surface area contributed by atoms with Crippen molar-refractivity contribution in [3.05, 3.63) is 117 Å². The molecule has 1 aliphatic rings. The van der Waals surface area contributed by atoms with Gasteiger partial charge in [0, 0.05) is 10.6 Å². The van der Waals surface area contributed by atoms with Gasteiger partial charge in [0.15, 0.2) is 16.3 Å². The van der Waals surface area contributed by atoms with Gasteiger partial charge in [-0.05, 0) is 84.0 Å². The van der Waals surface area contributed by atoms with Crippen LogP contribution in [0.25, 0.3) is 6.08 Å². The molecule has 11 heteroatoms. The summed E-state index contributed by atoms with van der Waals surface area (Å²) in [5, 5.41) is 0.623. The fourth-order valence-corrected chi connectivity index (χ4v) is 6.79. The minimum Gasteiger partial charge on any atom is -0.497 e. The average Bonchev–Trinajstić information content (AvgIpc) is 3.30. The highest BCUT2D eigenvalue weighted by atomic mass is 127. The van der Waals surface area contributed by atoms with E-state index in [2.05, 4.69) is 27.6 Å². The highest BCUT2D eigenvalue weighted by molar-refractivity contribution is 14.1. The molecule has 0 bridgehead atoms. The minimum atomic E-state index is -0.710. The van der Waals surface area contributed by atoms with E-state index < -0.39 is 12.0 Å². The van der Waals surface area contributed by atoms with Gasteiger partial charge in [-0.3, -0.25) is 9.36 Å². The van der Waals surface area contributed by atoms with E-state index in [1.165, 1.54) is 11.3 Å². The first-order chi connectivity index (χ1) is 20.7. The molecule has 1 aromatic heterocycles. The lowest BCUT2D eigenvalue weighted by molar-refractivity contribution is -0.139. The Morgan fingerprint density at radius 1 is 1.12 bits per heavy atom. The van der Waals surface area contributed by atoms with Gasteiger partial charge in [0.25, 0.3) is 5.56 Å². The molecule has 0 amide bonds. The summed E-state index contributed by atoms with van der Waals surface area (Å²) in [6.45, 7) is 3.98. The van der Waals surface area contributed by atoms with Crippen molar-refractivity contribution in [3.8, 4) is 17.2 Å². The third-order valence-electron chi connectivity index (χ3n) is 6.83. The van der Waals surface area contributed by atoms with Crippen molar-refractivity contribution in [1.29, 1.82) is 0 Å². The number of methoxy groups -OCH3 is 2. The predicted octanol–water partition coefficient (Wildman–Crippen LogP) is 5.65. The maximum absolute atomic E-state index is 14.0. The second-order valence-corrected chi connectivity index (χ2v) is 12.1. The van der Waals surface area contributed by atoms with Crippen LogP contribution < -0.4 is 29.1 Å². The molecule has 43 heavy (non-hydrogen) atoms. The van der Waals surface area contributed by atoms with Crippen molar-refractivity contribution in [2.24, 2.45) is 4.99 Å². The number of fused-ring (bicyclic) bond motifs is 1. The number of hydrogen-bond donors (Lipinski definition) is 0. The van der Waals surface area contributed by atoms with Crippen LogP contribution in [-0.2, 0) is 16.1 Å². The van der Waals surface area contributed by atoms with Crippen LogP contribution in [0.4, 0.5) is 0 Å². The second kappa shape index (κ2) is 13.4. The van der Waals surface area contributed by atoms with Crippen molar-refractivity contribution in [1.82, 2.24) is 4.57 Å². The van der Waals surface area contributed by atoms with Gasteiger partial charge in [0.2, 0.25) is 0 Å². The fraction of sp³-hybridized carbons (Fsp3) is 0.219. The summed E-state index contributed by atoms with van der Waals surface area (Å²) in [4.78, 5) is 32.2. The van der Waals surface area contributed by atoms with Gasteiger partial charge in [0.05, 0.1) is 46.2 Å². The first-order valence-corrected chi connectivity index (χ1v) is 15.6.